The van der Waals surface area contributed by atoms with Crippen molar-refractivity contribution < 1.29 is 23.0 Å². The van der Waals surface area contributed by atoms with Crippen LogP contribution in [0.1, 0.15) is 5.56 Å². The summed E-state index contributed by atoms with van der Waals surface area (Å²) in [4.78, 5) is 0. The zero-order valence-corrected chi connectivity index (χ0v) is 6.47. The highest BCUT2D eigenvalue weighted by molar-refractivity contribution is 5.28. The summed E-state index contributed by atoms with van der Waals surface area (Å²) < 4.78 is 40.5. The van der Waals surface area contributed by atoms with Gasteiger partial charge in [0.25, 0.3) is 0 Å². The van der Waals surface area contributed by atoms with E-state index in [4.69, 9.17) is 0 Å². The molecule has 0 aliphatic heterocycles. The van der Waals surface area contributed by atoms with E-state index in [0.29, 0.717) is 0 Å². The highest BCUT2D eigenvalue weighted by Crippen LogP contribution is 2.30. The first kappa shape index (κ1) is 9.85. The van der Waals surface area contributed by atoms with Crippen molar-refractivity contribution in [1.82, 2.24) is 0 Å². The summed E-state index contributed by atoms with van der Waals surface area (Å²) in [5, 5.41) is 9.94. The molecule has 0 amide bonds. The maximum Gasteiger partial charge on any atom is 0.416 e. The number of alkyl halides is 3. The maximum absolute atomic E-state index is 12.0. The van der Waals surface area contributed by atoms with Crippen molar-refractivity contribution in [3.8, 4) is 5.75 Å². The molecule has 0 heterocycles. The Hall–Kier alpha value is -1.23. The third-order valence-electron chi connectivity index (χ3n) is 1.41. The fraction of sp³-hybridized carbons (Fsp3) is 0.250. The average molecular weight is 191 g/mol. The van der Waals surface area contributed by atoms with Gasteiger partial charge >= 0.3 is 6.18 Å². The summed E-state index contributed by atoms with van der Waals surface area (Å²) >= 11 is 0. The first-order valence-corrected chi connectivity index (χ1v) is 3.42. The minimum atomic E-state index is -4.35. The molecule has 0 N–H and O–H groups in total. The lowest BCUT2D eigenvalue weighted by Gasteiger charge is -2.06. The predicted molar refractivity (Wildman–Crippen MR) is 37.6 cm³/mol. The van der Waals surface area contributed by atoms with Crippen LogP contribution in [0.4, 0.5) is 13.2 Å². The van der Waals surface area contributed by atoms with Gasteiger partial charge in [0.05, 0.1) is 5.56 Å². The molecule has 0 saturated carbocycles. The highest BCUT2D eigenvalue weighted by Gasteiger charge is 2.29. The second-order valence-corrected chi connectivity index (χ2v) is 2.28. The monoisotopic (exact) mass is 191 g/mol. The first-order valence-electron chi connectivity index (χ1n) is 3.42. The summed E-state index contributed by atoms with van der Waals surface area (Å²) in [6.45, 7) is -0.800. The molecule has 0 atom stereocenters. The molecule has 0 aromatic heterocycles. The number of ether oxygens (including phenoxy) is 1. The van der Waals surface area contributed by atoms with Crippen molar-refractivity contribution in [3.05, 3.63) is 29.8 Å². The molecular weight excluding hydrogens is 185 g/mol. The van der Waals surface area contributed by atoms with Crippen LogP contribution >= 0.6 is 0 Å². The lowest BCUT2D eigenvalue weighted by Crippen LogP contribution is -2.04. The number of halogens is 3. The Morgan fingerprint density at radius 3 is 2.08 bits per heavy atom. The molecule has 71 valence electrons. The van der Waals surface area contributed by atoms with Crippen LogP contribution in [0.25, 0.3) is 0 Å². The van der Waals surface area contributed by atoms with E-state index in [9.17, 15) is 18.3 Å². The highest BCUT2D eigenvalue weighted by atomic mass is 19.4. The van der Waals surface area contributed by atoms with Gasteiger partial charge in [-0.3, -0.25) is 0 Å². The minimum absolute atomic E-state index is 0.142. The molecule has 1 aromatic carbocycles. The Balaban J connectivity index is 2.81. The van der Waals surface area contributed by atoms with E-state index < -0.39 is 18.5 Å². The van der Waals surface area contributed by atoms with E-state index in [1.165, 1.54) is 0 Å². The average Bonchev–Trinajstić information content (AvgIpc) is 2.04. The molecule has 5 heteroatoms. The van der Waals surface area contributed by atoms with Gasteiger partial charge in [-0.15, -0.1) is 0 Å². The van der Waals surface area contributed by atoms with E-state index >= 15 is 0 Å². The minimum Gasteiger partial charge on any atom is -0.465 e. The van der Waals surface area contributed by atoms with Gasteiger partial charge in [0, 0.05) is 0 Å². The topological polar surface area (TPSA) is 29.1 Å². The zero-order valence-electron chi connectivity index (χ0n) is 6.47. The van der Waals surface area contributed by atoms with Gasteiger partial charge in [-0.25, -0.2) is 0 Å². The quantitative estimate of drug-likeness (QED) is 0.660. The Morgan fingerprint density at radius 1 is 1.15 bits per heavy atom. The molecule has 13 heavy (non-hydrogen) atoms. The van der Waals surface area contributed by atoms with Crippen LogP contribution in [-0.4, -0.2) is 6.79 Å². The molecule has 0 unspecified atom stereocenters. The summed E-state index contributed by atoms with van der Waals surface area (Å²) in [5.74, 6) is 0.142. The zero-order chi connectivity index (χ0) is 9.90. The van der Waals surface area contributed by atoms with Crippen LogP contribution in [0.15, 0.2) is 24.3 Å². The Labute approximate surface area is 72.6 Å². The maximum atomic E-state index is 12.0. The van der Waals surface area contributed by atoms with Gasteiger partial charge in [0.15, 0.2) is 0 Å². The Kier molecular flexibility index (Phi) is 2.77. The van der Waals surface area contributed by atoms with Crippen molar-refractivity contribution in [2.24, 2.45) is 0 Å². The molecule has 0 aliphatic carbocycles. The predicted octanol–water partition coefficient (Wildman–Crippen LogP) is 2.47. The number of rotatable bonds is 2. The second-order valence-electron chi connectivity index (χ2n) is 2.28. The lowest BCUT2D eigenvalue weighted by molar-refractivity contribution is -0.137. The fourth-order valence-corrected chi connectivity index (χ4v) is 0.808. The summed E-state index contributed by atoms with van der Waals surface area (Å²) in [5.41, 5.74) is -0.759. The van der Waals surface area contributed by atoms with E-state index in [1.807, 2.05) is 0 Å². The van der Waals surface area contributed by atoms with Crippen molar-refractivity contribution in [2.45, 2.75) is 6.18 Å². The lowest BCUT2D eigenvalue weighted by atomic mass is 10.2. The normalized spacial score (nSPS) is 11.4. The second kappa shape index (κ2) is 3.66. The first-order chi connectivity index (χ1) is 6.04. The van der Waals surface area contributed by atoms with Gasteiger partial charge < -0.3 is 4.74 Å². The van der Waals surface area contributed by atoms with Crippen LogP contribution in [0, 0.1) is 0 Å². The van der Waals surface area contributed by atoms with Gasteiger partial charge in [0.1, 0.15) is 5.75 Å². The van der Waals surface area contributed by atoms with Crippen LogP contribution in [-0.2, 0) is 11.3 Å². The van der Waals surface area contributed by atoms with Crippen molar-refractivity contribution in [1.29, 1.82) is 0 Å². The van der Waals surface area contributed by atoms with Crippen LogP contribution in [0.3, 0.4) is 0 Å². The Bertz CT molecular complexity index is 266. The SMILES string of the molecule is [O]COc1ccc(C(F)(F)F)cc1. The summed E-state index contributed by atoms with van der Waals surface area (Å²) in [6, 6.07) is 3.96. The van der Waals surface area contributed by atoms with Gasteiger partial charge in [-0.05, 0) is 24.3 Å². The molecule has 0 bridgehead atoms. The van der Waals surface area contributed by atoms with Crippen molar-refractivity contribution >= 4 is 0 Å². The number of benzene rings is 1. The molecule has 0 spiro atoms. The molecule has 0 saturated heterocycles. The third kappa shape index (κ3) is 2.62. The largest absolute Gasteiger partial charge is 0.465 e. The molecule has 0 fully saturated rings. The number of hydrogen-bond donors (Lipinski definition) is 0. The smallest absolute Gasteiger partial charge is 0.416 e. The van der Waals surface area contributed by atoms with Crippen LogP contribution < -0.4 is 4.74 Å². The molecule has 0 aliphatic rings. The van der Waals surface area contributed by atoms with Crippen molar-refractivity contribution in [2.75, 3.05) is 6.79 Å². The van der Waals surface area contributed by atoms with Gasteiger partial charge in [0.2, 0.25) is 6.79 Å². The number of hydrogen-bond acceptors (Lipinski definition) is 1. The standard InChI is InChI=1S/C8H6F3O2/c9-8(10,11)6-1-3-7(4-2-6)13-5-12/h1-4H,5H2. The van der Waals surface area contributed by atoms with Crippen LogP contribution in [0.5, 0.6) is 5.75 Å². The Morgan fingerprint density at radius 2 is 1.69 bits per heavy atom. The fourth-order valence-electron chi connectivity index (χ4n) is 0.808. The van der Waals surface area contributed by atoms with Crippen LogP contribution in [0.2, 0.25) is 0 Å². The van der Waals surface area contributed by atoms with Gasteiger partial charge in [-0.1, -0.05) is 0 Å². The summed E-state index contributed by atoms with van der Waals surface area (Å²) in [7, 11) is 0. The van der Waals surface area contributed by atoms with E-state index in [0.717, 1.165) is 24.3 Å². The molecule has 1 radical (unpaired) electrons. The van der Waals surface area contributed by atoms with E-state index in [1.54, 1.807) is 0 Å². The van der Waals surface area contributed by atoms with E-state index in [-0.39, 0.29) is 5.75 Å². The molecule has 1 aromatic rings. The van der Waals surface area contributed by atoms with Crippen molar-refractivity contribution in [3.63, 3.8) is 0 Å². The molecule has 1 rings (SSSR count). The van der Waals surface area contributed by atoms with Gasteiger partial charge in [-0.2, -0.15) is 18.3 Å². The summed E-state index contributed by atoms with van der Waals surface area (Å²) in [6.07, 6.45) is -4.35. The molecule has 2 nitrogen and oxygen atoms in total. The van der Waals surface area contributed by atoms with E-state index in [2.05, 4.69) is 4.74 Å². The molecular formula is C8H6F3O2. The third-order valence-corrected chi connectivity index (χ3v) is 1.41.